The largest absolute Gasteiger partial charge is 0.444 e. The van der Waals surface area contributed by atoms with Crippen molar-refractivity contribution in [2.45, 2.75) is 69.1 Å². The summed E-state index contributed by atoms with van der Waals surface area (Å²) in [4.78, 5) is 28.6. The van der Waals surface area contributed by atoms with Crippen molar-refractivity contribution in [1.82, 2.24) is 15.1 Å². The summed E-state index contributed by atoms with van der Waals surface area (Å²) in [5, 5.41) is 2.18. The van der Waals surface area contributed by atoms with Gasteiger partial charge < -0.3 is 19.9 Å². The van der Waals surface area contributed by atoms with Gasteiger partial charge in [0.05, 0.1) is 6.42 Å². The van der Waals surface area contributed by atoms with E-state index in [1.807, 2.05) is 14.1 Å². The van der Waals surface area contributed by atoms with Gasteiger partial charge in [0.15, 0.2) is 5.54 Å². The van der Waals surface area contributed by atoms with E-state index in [1.165, 1.54) is 0 Å². The molecule has 1 saturated heterocycles. The minimum absolute atomic E-state index is 0.293. The molecule has 3 aliphatic rings. The number of hydrogen-bond donors (Lipinski definition) is 1. The van der Waals surface area contributed by atoms with E-state index in [1.54, 1.807) is 25.7 Å². The second-order valence-corrected chi connectivity index (χ2v) is 9.38. The lowest BCUT2D eigenvalue weighted by Crippen LogP contribution is -2.72. The van der Waals surface area contributed by atoms with Crippen molar-refractivity contribution in [2.24, 2.45) is 5.92 Å². The molecule has 6 nitrogen and oxygen atoms in total. The molecule has 26 heavy (non-hydrogen) atoms. The summed E-state index contributed by atoms with van der Waals surface area (Å²) in [6.45, 7) is 6.35. The van der Waals surface area contributed by atoms with Crippen LogP contribution in [-0.4, -0.2) is 71.6 Å². The Labute approximate surface area is 153 Å². The smallest absolute Gasteiger partial charge is 0.408 e. The Morgan fingerprint density at radius 2 is 1.85 bits per heavy atom. The molecule has 1 N–H and O–H groups in total. The first-order chi connectivity index (χ1) is 11.8. The number of alkyl halides is 2. The number of halogens is 2. The van der Waals surface area contributed by atoms with Crippen molar-refractivity contribution in [3.05, 3.63) is 0 Å². The molecule has 3 fully saturated rings. The number of hydrogen-bond acceptors (Lipinski definition) is 4. The van der Waals surface area contributed by atoms with Crippen molar-refractivity contribution in [3.8, 4) is 0 Å². The summed E-state index contributed by atoms with van der Waals surface area (Å²) in [5.41, 5.74) is -3.25. The van der Waals surface area contributed by atoms with E-state index in [-0.39, 0.29) is 5.54 Å². The van der Waals surface area contributed by atoms with E-state index in [9.17, 15) is 18.4 Å². The average Bonchev–Trinajstić information content (AvgIpc) is 2.91. The first-order valence-electron chi connectivity index (χ1n) is 9.16. The molecule has 0 aromatic rings. The van der Waals surface area contributed by atoms with Gasteiger partial charge in [-0.15, -0.1) is 0 Å². The van der Waals surface area contributed by atoms with Crippen LogP contribution in [0.5, 0.6) is 0 Å². The number of amides is 2. The third-order valence-corrected chi connectivity index (χ3v) is 5.65. The van der Waals surface area contributed by atoms with Crippen molar-refractivity contribution < 1.29 is 23.1 Å². The second kappa shape index (κ2) is 5.78. The number of likely N-dealkylation sites (tertiary alicyclic amines) is 1. The van der Waals surface area contributed by atoms with E-state index in [2.05, 4.69) is 10.2 Å². The molecule has 1 heterocycles. The van der Waals surface area contributed by atoms with Crippen LogP contribution in [0.3, 0.4) is 0 Å². The maximum absolute atomic E-state index is 14.1. The fraction of sp³-hybridized carbons (Fsp3) is 0.889. The van der Waals surface area contributed by atoms with Crippen LogP contribution in [0.1, 0.15) is 46.5 Å². The molecule has 8 heteroatoms. The monoisotopic (exact) mass is 373 g/mol. The van der Waals surface area contributed by atoms with Gasteiger partial charge in [0.25, 0.3) is 11.8 Å². The normalized spacial score (nSPS) is 34.9. The second-order valence-electron chi connectivity index (χ2n) is 9.38. The van der Waals surface area contributed by atoms with E-state index in [0.29, 0.717) is 12.5 Å². The number of ether oxygens (including phenoxy) is 1. The van der Waals surface area contributed by atoms with E-state index in [4.69, 9.17) is 4.74 Å². The molecule has 1 spiro atoms. The Hall–Kier alpha value is -1.44. The lowest BCUT2D eigenvalue weighted by atomic mass is 9.61. The molecule has 0 bridgehead atoms. The Morgan fingerprint density at radius 3 is 2.23 bits per heavy atom. The van der Waals surface area contributed by atoms with Crippen LogP contribution >= 0.6 is 0 Å². The maximum Gasteiger partial charge on any atom is 0.408 e. The topological polar surface area (TPSA) is 61.9 Å². The number of carbonyl (C=O) groups is 2. The molecular weight excluding hydrogens is 344 g/mol. The van der Waals surface area contributed by atoms with E-state index < -0.39 is 35.5 Å². The molecule has 0 aromatic carbocycles. The van der Waals surface area contributed by atoms with Gasteiger partial charge in [-0.05, 0) is 60.0 Å². The maximum atomic E-state index is 14.1. The van der Waals surface area contributed by atoms with Gasteiger partial charge >= 0.3 is 6.09 Å². The average molecular weight is 373 g/mol. The van der Waals surface area contributed by atoms with Gasteiger partial charge in [-0.3, -0.25) is 4.79 Å². The predicted octanol–water partition coefficient (Wildman–Crippen LogP) is 2.23. The molecular formula is C18H29F2N3O3. The third-order valence-electron chi connectivity index (χ3n) is 5.65. The van der Waals surface area contributed by atoms with Crippen molar-refractivity contribution in [2.75, 3.05) is 27.2 Å². The summed E-state index contributed by atoms with van der Waals surface area (Å²) in [7, 11) is 4.00. The molecule has 0 radical (unpaired) electrons. The zero-order chi connectivity index (χ0) is 19.5. The van der Waals surface area contributed by atoms with Gasteiger partial charge in [0.2, 0.25) is 0 Å². The van der Waals surface area contributed by atoms with Crippen LogP contribution in [0.25, 0.3) is 0 Å². The van der Waals surface area contributed by atoms with Crippen LogP contribution in [0, 0.1) is 5.92 Å². The summed E-state index contributed by atoms with van der Waals surface area (Å²) in [6, 6.07) is 0. The minimum atomic E-state index is -3.23. The van der Waals surface area contributed by atoms with Gasteiger partial charge in [-0.1, -0.05) is 0 Å². The summed E-state index contributed by atoms with van der Waals surface area (Å²) < 4.78 is 33.3. The van der Waals surface area contributed by atoms with Crippen LogP contribution in [0.15, 0.2) is 0 Å². The highest BCUT2D eigenvalue weighted by molar-refractivity contribution is 5.96. The molecule has 148 valence electrons. The molecule has 0 aromatic heterocycles. The quantitative estimate of drug-likeness (QED) is 0.821. The van der Waals surface area contributed by atoms with Crippen LogP contribution < -0.4 is 5.32 Å². The Balaban J connectivity index is 1.66. The predicted molar refractivity (Wildman–Crippen MR) is 92.0 cm³/mol. The van der Waals surface area contributed by atoms with Gasteiger partial charge in [0.1, 0.15) is 5.60 Å². The number of alkyl carbamates (subject to hydrolysis) is 1. The Morgan fingerprint density at radius 1 is 1.27 bits per heavy atom. The molecule has 2 saturated carbocycles. The molecule has 1 aliphatic heterocycles. The lowest BCUT2D eigenvalue weighted by molar-refractivity contribution is -0.169. The minimum Gasteiger partial charge on any atom is -0.444 e. The first kappa shape index (κ1) is 19.3. The van der Waals surface area contributed by atoms with Gasteiger partial charge in [-0.2, -0.15) is 0 Å². The first-order valence-corrected chi connectivity index (χ1v) is 9.16. The van der Waals surface area contributed by atoms with E-state index in [0.717, 1.165) is 25.8 Å². The van der Waals surface area contributed by atoms with Gasteiger partial charge in [-0.25, -0.2) is 13.6 Å². The molecule has 2 amide bonds. The molecule has 2 aliphatic carbocycles. The van der Waals surface area contributed by atoms with Crippen LogP contribution in [0.2, 0.25) is 0 Å². The number of carbonyl (C=O) groups excluding carboxylic acids is 2. The Kier molecular flexibility index (Phi) is 4.29. The van der Waals surface area contributed by atoms with E-state index >= 15 is 0 Å². The zero-order valence-electron chi connectivity index (χ0n) is 16.2. The number of nitrogens with zero attached hydrogens (tertiary/aromatic N) is 2. The van der Waals surface area contributed by atoms with Crippen molar-refractivity contribution >= 4 is 12.0 Å². The summed E-state index contributed by atoms with van der Waals surface area (Å²) in [6.07, 6.45) is 0.884. The number of rotatable bonds is 4. The van der Waals surface area contributed by atoms with Crippen LogP contribution in [0.4, 0.5) is 13.6 Å². The SMILES string of the molecule is CN(C)CC1CC2(CCN2C(=O)C2(NC(=O)OC(C)(C)C)CC2(F)F)C1. The zero-order valence-corrected chi connectivity index (χ0v) is 16.2. The van der Waals surface area contributed by atoms with Crippen LogP contribution in [-0.2, 0) is 9.53 Å². The van der Waals surface area contributed by atoms with Crippen molar-refractivity contribution in [3.63, 3.8) is 0 Å². The molecule has 1 atom stereocenters. The number of nitrogens with one attached hydrogen (secondary N) is 1. The molecule has 3 rings (SSSR count). The lowest BCUT2D eigenvalue weighted by Gasteiger charge is -2.62. The fourth-order valence-electron chi connectivity index (χ4n) is 4.36. The summed E-state index contributed by atoms with van der Waals surface area (Å²) in [5.74, 6) is -3.41. The standard InChI is InChI=1S/C18H29F2N3O3/c1-15(2,3)26-14(25)21-17(11-18(17,19)20)13(24)23-7-6-16(23)8-12(9-16)10-22(4)5/h12H,6-11H2,1-5H3,(H,21,25). The summed E-state index contributed by atoms with van der Waals surface area (Å²) >= 11 is 0. The Bertz CT molecular complexity index is 611. The van der Waals surface area contributed by atoms with Gasteiger partial charge in [0, 0.05) is 18.6 Å². The fourth-order valence-corrected chi connectivity index (χ4v) is 4.36. The highest BCUT2D eigenvalue weighted by atomic mass is 19.3. The van der Waals surface area contributed by atoms with Crippen molar-refractivity contribution in [1.29, 1.82) is 0 Å². The highest BCUT2D eigenvalue weighted by Crippen LogP contribution is 2.58. The highest BCUT2D eigenvalue weighted by Gasteiger charge is 2.79. The third kappa shape index (κ3) is 3.17. The molecule has 1 unspecified atom stereocenters.